The summed E-state index contributed by atoms with van der Waals surface area (Å²) in [5.74, 6) is 0.475. The van der Waals surface area contributed by atoms with E-state index in [1.165, 1.54) is 0 Å². The predicted octanol–water partition coefficient (Wildman–Crippen LogP) is 3.29. The minimum absolute atomic E-state index is 0.0492. The zero-order valence-corrected chi connectivity index (χ0v) is 9.54. The third-order valence-electron chi connectivity index (χ3n) is 2.83. The lowest BCUT2D eigenvalue weighted by Crippen LogP contribution is -2.13. The highest BCUT2D eigenvalue weighted by Gasteiger charge is 2.51. The first-order valence-corrected chi connectivity index (χ1v) is 5.34. The molecule has 1 atom stereocenters. The van der Waals surface area contributed by atoms with Crippen molar-refractivity contribution in [2.45, 2.75) is 20.3 Å². The Balaban J connectivity index is 1.98. The number of hydrogen-bond donors (Lipinski definition) is 0. The fraction of sp³-hybridized carbons (Fsp3) is 0.417. The molecule has 0 bridgehead atoms. The molecule has 1 fully saturated rings. The standard InChI is InChI=1S/C12H13ClO2/c1-12(2)7-10(12)11(14)15-9-5-3-8(13)4-6-9/h3-6,10H,7H2,1-2H3. The Labute approximate surface area is 94.2 Å². The quantitative estimate of drug-likeness (QED) is 0.569. The van der Waals surface area contributed by atoms with Crippen molar-refractivity contribution < 1.29 is 9.53 Å². The van der Waals surface area contributed by atoms with Crippen molar-refractivity contribution >= 4 is 17.6 Å². The van der Waals surface area contributed by atoms with Gasteiger partial charge in [0, 0.05) is 5.02 Å². The average Bonchev–Trinajstić information content (AvgIpc) is 2.79. The smallest absolute Gasteiger partial charge is 0.314 e. The van der Waals surface area contributed by atoms with Crippen molar-refractivity contribution in [3.63, 3.8) is 0 Å². The normalized spacial score (nSPS) is 22.2. The third kappa shape index (κ3) is 2.32. The monoisotopic (exact) mass is 224 g/mol. The highest BCUT2D eigenvalue weighted by molar-refractivity contribution is 6.30. The van der Waals surface area contributed by atoms with Crippen LogP contribution in [0.5, 0.6) is 5.75 Å². The van der Waals surface area contributed by atoms with Crippen molar-refractivity contribution in [3.05, 3.63) is 29.3 Å². The lowest BCUT2D eigenvalue weighted by atomic mass is 10.1. The van der Waals surface area contributed by atoms with E-state index in [4.69, 9.17) is 16.3 Å². The lowest BCUT2D eigenvalue weighted by molar-refractivity contribution is -0.136. The molecule has 3 heteroatoms. The van der Waals surface area contributed by atoms with Gasteiger partial charge in [-0.3, -0.25) is 4.79 Å². The first-order valence-electron chi connectivity index (χ1n) is 4.96. The van der Waals surface area contributed by atoms with E-state index in [-0.39, 0.29) is 17.3 Å². The van der Waals surface area contributed by atoms with Crippen LogP contribution in [-0.2, 0) is 4.79 Å². The Morgan fingerprint density at radius 1 is 1.40 bits per heavy atom. The van der Waals surface area contributed by atoms with Gasteiger partial charge in [0.25, 0.3) is 0 Å². The Hall–Kier alpha value is -1.02. The molecule has 0 saturated heterocycles. The van der Waals surface area contributed by atoms with E-state index in [2.05, 4.69) is 13.8 Å². The van der Waals surface area contributed by atoms with E-state index in [0.29, 0.717) is 10.8 Å². The second-order valence-corrected chi connectivity index (χ2v) is 5.06. The van der Waals surface area contributed by atoms with Crippen molar-refractivity contribution in [2.24, 2.45) is 11.3 Å². The van der Waals surface area contributed by atoms with Crippen LogP contribution < -0.4 is 4.74 Å². The van der Waals surface area contributed by atoms with E-state index in [1.807, 2.05) is 0 Å². The van der Waals surface area contributed by atoms with Gasteiger partial charge in [-0.1, -0.05) is 25.4 Å². The predicted molar refractivity (Wildman–Crippen MR) is 59.0 cm³/mol. The summed E-state index contributed by atoms with van der Waals surface area (Å²) in [6, 6.07) is 6.83. The van der Waals surface area contributed by atoms with Gasteiger partial charge in [-0.2, -0.15) is 0 Å². The molecule has 2 rings (SSSR count). The molecule has 15 heavy (non-hydrogen) atoms. The molecule has 1 unspecified atom stereocenters. The average molecular weight is 225 g/mol. The molecule has 0 radical (unpaired) electrons. The van der Waals surface area contributed by atoms with Crippen LogP contribution in [-0.4, -0.2) is 5.97 Å². The molecule has 2 nitrogen and oxygen atoms in total. The van der Waals surface area contributed by atoms with Crippen molar-refractivity contribution in [2.75, 3.05) is 0 Å². The summed E-state index contributed by atoms with van der Waals surface area (Å²) in [5.41, 5.74) is 0.115. The second kappa shape index (κ2) is 3.53. The Morgan fingerprint density at radius 2 is 1.93 bits per heavy atom. The molecule has 0 N–H and O–H groups in total. The van der Waals surface area contributed by atoms with Crippen LogP contribution >= 0.6 is 11.6 Å². The van der Waals surface area contributed by atoms with Gasteiger partial charge in [0.05, 0.1) is 5.92 Å². The van der Waals surface area contributed by atoms with Crippen LogP contribution in [0.25, 0.3) is 0 Å². The molecule has 0 aliphatic heterocycles. The Bertz CT molecular complexity index is 381. The zero-order chi connectivity index (χ0) is 11.1. The van der Waals surface area contributed by atoms with E-state index in [1.54, 1.807) is 24.3 Å². The topological polar surface area (TPSA) is 26.3 Å². The summed E-state index contributed by atoms with van der Waals surface area (Å²) in [4.78, 5) is 11.6. The number of benzene rings is 1. The third-order valence-corrected chi connectivity index (χ3v) is 3.08. The van der Waals surface area contributed by atoms with E-state index in [9.17, 15) is 4.79 Å². The SMILES string of the molecule is CC1(C)CC1C(=O)Oc1ccc(Cl)cc1. The number of carbonyl (C=O) groups is 1. The zero-order valence-electron chi connectivity index (χ0n) is 8.79. The van der Waals surface area contributed by atoms with Gasteiger partial charge in [-0.15, -0.1) is 0 Å². The van der Waals surface area contributed by atoms with Crippen LogP contribution in [0.1, 0.15) is 20.3 Å². The number of carbonyl (C=O) groups excluding carboxylic acids is 1. The van der Waals surface area contributed by atoms with Crippen molar-refractivity contribution in [1.29, 1.82) is 0 Å². The van der Waals surface area contributed by atoms with Crippen molar-refractivity contribution in [1.82, 2.24) is 0 Å². The molecule has 1 aliphatic rings. The van der Waals surface area contributed by atoms with E-state index < -0.39 is 0 Å². The Kier molecular flexibility index (Phi) is 2.47. The minimum atomic E-state index is -0.137. The number of rotatable bonds is 2. The fourth-order valence-electron chi connectivity index (χ4n) is 1.56. The molecule has 1 aromatic carbocycles. The van der Waals surface area contributed by atoms with Crippen LogP contribution in [0, 0.1) is 11.3 Å². The maximum Gasteiger partial charge on any atom is 0.314 e. The van der Waals surface area contributed by atoms with E-state index in [0.717, 1.165) is 6.42 Å². The largest absolute Gasteiger partial charge is 0.426 e. The lowest BCUT2D eigenvalue weighted by Gasteiger charge is -2.05. The van der Waals surface area contributed by atoms with Gasteiger partial charge in [0.15, 0.2) is 0 Å². The van der Waals surface area contributed by atoms with Gasteiger partial charge in [0.2, 0.25) is 0 Å². The molecule has 1 aliphatic carbocycles. The minimum Gasteiger partial charge on any atom is -0.426 e. The summed E-state index contributed by atoms with van der Waals surface area (Å²) in [5, 5.41) is 0.640. The first-order chi connectivity index (χ1) is 6.99. The van der Waals surface area contributed by atoms with Gasteiger partial charge < -0.3 is 4.74 Å². The van der Waals surface area contributed by atoms with Gasteiger partial charge >= 0.3 is 5.97 Å². The van der Waals surface area contributed by atoms with E-state index >= 15 is 0 Å². The molecule has 1 saturated carbocycles. The molecule has 80 valence electrons. The van der Waals surface area contributed by atoms with Gasteiger partial charge in [0.1, 0.15) is 5.75 Å². The number of ether oxygens (including phenoxy) is 1. The molecular weight excluding hydrogens is 212 g/mol. The summed E-state index contributed by atoms with van der Waals surface area (Å²) >= 11 is 5.73. The highest BCUT2D eigenvalue weighted by Crippen LogP contribution is 2.52. The van der Waals surface area contributed by atoms with Gasteiger partial charge in [-0.25, -0.2) is 0 Å². The number of halogens is 1. The first kappa shape index (κ1) is 10.5. The maximum absolute atomic E-state index is 11.6. The Morgan fingerprint density at radius 3 is 2.40 bits per heavy atom. The summed E-state index contributed by atoms with van der Waals surface area (Å²) < 4.78 is 5.23. The highest BCUT2D eigenvalue weighted by atomic mass is 35.5. The van der Waals surface area contributed by atoms with Crippen molar-refractivity contribution in [3.8, 4) is 5.75 Å². The molecule has 1 aromatic rings. The van der Waals surface area contributed by atoms with Crippen LogP contribution in [0.3, 0.4) is 0 Å². The summed E-state index contributed by atoms with van der Waals surface area (Å²) in [7, 11) is 0. The molecule has 0 heterocycles. The van der Waals surface area contributed by atoms with Crippen LogP contribution in [0.15, 0.2) is 24.3 Å². The van der Waals surface area contributed by atoms with Crippen LogP contribution in [0.2, 0.25) is 5.02 Å². The maximum atomic E-state index is 11.6. The number of hydrogen-bond acceptors (Lipinski definition) is 2. The summed E-state index contributed by atoms with van der Waals surface area (Å²) in [6.07, 6.45) is 0.916. The molecule has 0 spiro atoms. The fourth-order valence-corrected chi connectivity index (χ4v) is 1.69. The molecular formula is C12H13ClO2. The molecule has 0 aromatic heterocycles. The second-order valence-electron chi connectivity index (χ2n) is 4.62. The summed E-state index contributed by atoms with van der Waals surface area (Å²) in [6.45, 7) is 4.14. The van der Waals surface area contributed by atoms with Gasteiger partial charge in [-0.05, 0) is 36.1 Å². The number of esters is 1. The molecule has 0 amide bonds. The van der Waals surface area contributed by atoms with Crippen LogP contribution in [0.4, 0.5) is 0 Å².